The lowest BCUT2D eigenvalue weighted by Gasteiger charge is -2.42. The lowest BCUT2D eigenvalue weighted by atomic mass is 9.99. The third kappa shape index (κ3) is 3.29. The standard InChI is InChI=1S/C17H23NO2/c1-15-12-18(13-17(20-15)9-11-19-14-17)10-5-8-16-6-3-2-4-7-16/h2-8,15H,9-14H2,1H3. The van der Waals surface area contributed by atoms with E-state index in [1.165, 1.54) is 5.56 Å². The Balaban J connectivity index is 1.58. The number of ether oxygens (including phenoxy) is 2. The SMILES string of the molecule is CC1CN(CC=Cc2ccccc2)CC2(CCOC2)O1. The van der Waals surface area contributed by atoms with E-state index in [0.717, 1.165) is 39.3 Å². The Kier molecular flexibility index (Phi) is 4.20. The van der Waals surface area contributed by atoms with Gasteiger partial charge in [0.1, 0.15) is 5.60 Å². The molecular weight excluding hydrogens is 250 g/mol. The average Bonchev–Trinajstić information content (AvgIpc) is 2.87. The monoisotopic (exact) mass is 273 g/mol. The second-order valence-electron chi connectivity index (χ2n) is 5.92. The summed E-state index contributed by atoms with van der Waals surface area (Å²) < 4.78 is 11.7. The topological polar surface area (TPSA) is 21.7 Å². The second-order valence-corrected chi connectivity index (χ2v) is 5.92. The summed E-state index contributed by atoms with van der Waals surface area (Å²) in [6, 6.07) is 10.4. The maximum atomic E-state index is 6.14. The molecule has 2 atom stereocenters. The summed E-state index contributed by atoms with van der Waals surface area (Å²) >= 11 is 0. The van der Waals surface area contributed by atoms with Crippen LogP contribution < -0.4 is 0 Å². The van der Waals surface area contributed by atoms with Crippen molar-refractivity contribution in [1.29, 1.82) is 0 Å². The zero-order chi connectivity index (χ0) is 13.8. The first-order valence-corrected chi connectivity index (χ1v) is 7.45. The molecule has 2 unspecified atom stereocenters. The molecule has 2 fully saturated rings. The molecule has 1 aromatic carbocycles. The average molecular weight is 273 g/mol. The van der Waals surface area contributed by atoms with Gasteiger partial charge in [-0.05, 0) is 12.5 Å². The van der Waals surface area contributed by atoms with Crippen LogP contribution in [-0.2, 0) is 9.47 Å². The van der Waals surface area contributed by atoms with Crippen LogP contribution in [0, 0.1) is 0 Å². The molecule has 108 valence electrons. The summed E-state index contributed by atoms with van der Waals surface area (Å²) in [7, 11) is 0. The van der Waals surface area contributed by atoms with Gasteiger partial charge in [-0.25, -0.2) is 0 Å². The fourth-order valence-corrected chi connectivity index (χ4v) is 3.18. The molecule has 0 N–H and O–H groups in total. The highest BCUT2D eigenvalue weighted by molar-refractivity contribution is 5.48. The second kappa shape index (κ2) is 6.08. The summed E-state index contributed by atoms with van der Waals surface area (Å²) in [5.74, 6) is 0. The smallest absolute Gasteiger partial charge is 0.107 e. The minimum atomic E-state index is -0.0573. The number of nitrogens with zero attached hydrogens (tertiary/aromatic N) is 1. The van der Waals surface area contributed by atoms with Gasteiger partial charge in [-0.3, -0.25) is 4.90 Å². The highest BCUT2D eigenvalue weighted by Gasteiger charge is 2.42. The summed E-state index contributed by atoms with van der Waals surface area (Å²) in [5.41, 5.74) is 1.20. The first-order chi connectivity index (χ1) is 9.76. The normalized spacial score (nSPS) is 31.4. The first kappa shape index (κ1) is 13.8. The van der Waals surface area contributed by atoms with Crippen LogP contribution in [0.1, 0.15) is 18.9 Å². The van der Waals surface area contributed by atoms with E-state index in [0.29, 0.717) is 0 Å². The molecule has 2 aliphatic heterocycles. The van der Waals surface area contributed by atoms with Crippen LogP contribution in [0.4, 0.5) is 0 Å². The Morgan fingerprint density at radius 1 is 1.35 bits per heavy atom. The third-order valence-electron chi connectivity index (χ3n) is 4.02. The van der Waals surface area contributed by atoms with Crippen molar-refractivity contribution < 1.29 is 9.47 Å². The molecule has 0 amide bonds. The molecule has 0 aliphatic carbocycles. The van der Waals surface area contributed by atoms with Crippen molar-refractivity contribution in [1.82, 2.24) is 4.90 Å². The van der Waals surface area contributed by atoms with Crippen LogP contribution in [0.15, 0.2) is 36.4 Å². The Hall–Kier alpha value is -1.16. The van der Waals surface area contributed by atoms with Gasteiger partial charge in [-0.15, -0.1) is 0 Å². The molecule has 2 aliphatic rings. The van der Waals surface area contributed by atoms with Crippen LogP contribution in [0.25, 0.3) is 6.08 Å². The molecule has 20 heavy (non-hydrogen) atoms. The molecule has 0 saturated carbocycles. The predicted molar refractivity (Wildman–Crippen MR) is 80.6 cm³/mol. The summed E-state index contributed by atoms with van der Waals surface area (Å²) in [5, 5.41) is 0. The molecule has 0 radical (unpaired) electrons. The van der Waals surface area contributed by atoms with Gasteiger partial charge in [0.05, 0.1) is 12.7 Å². The molecule has 0 aromatic heterocycles. The minimum absolute atomic E-state index is 0.0573. The van der Waals surface area contributed by atoms with Gasteiger partial charge in [0, 0.05) is 32.7 Å². The van der Waals surface area contributed by atoms with Crippen molar-refractivity contribution in [2.75, 3.05) is 32.8 Å². The maximum absolute atomic E-state index is 6.14. The van der Waals surface area contributed by atoms with Gasteiger partial charge in [0.25, 0.3) is 0 Å². The van der Waals surface area contributed by atoms with Crippen molar-refractivity contribution in [2.45, 2.75) is 25.0 Å². The fraction of sp³-hybridized carbons (Fsp3) is 0.529. The molecule has 2 saturated heterocycles. The zero-order valence-corrected chi connectivity index (χ0v) is 12.1. The Morgan fingerprint density at radius 2 is 2.20 bits per heavy atom. The van der Waals surface area contributed by atoms with E-state index in [2.05, 4.69) is 48.2 Å². The molecule has 2 heterocycles. The lowest BCUT2D eigenvalue weighted by molar-refractivity contribution is -0.145. The van der Waals surface area contributed by atoms with E-state index in [4.69, 9.17) is 9.47 Å². The molecule has 1 aromatic rings. The van der Waals surface area contributed by atoms with Crippen molar-refractivity contribution >= 4 is 6.08 Å². The number of rotatable bonds is 3. The van der Waals surface area contributed by atoms with E-state index in [1.54, 1.807) is 0 Å². The number of morpholine rings is 1. The Labute approximate surface area is 121 Å². The molecule has 3 rings (SSSR count). The van der Waals surface area contributed by atoms with Crippen molar-refractivity contribution in [3.63, 3.8) is 0 Å². The quantitative estimate of drug-likeness (QED) is 0.845. The van der Waals surface area contributed by atoms with E-state index in [-0.39, 0.29) is 11.7 Å². The van der Waals surface area contributed by atoms with Crippen LogP contribution >= 0.6 is 0 Å². The van der Waals surface area contributed by atoms with Gasteiger partial charge < -0.3 is 9.47 Å². The molecule has 3 heteroatoms. The van der Waals surface area contributed by atoms with E-state index in [1.807, 2.05) is 6.07 Å². The minimum Gasteiger partial charge on any atom is -0.378 e. The van der Waals surface area contributed by atoms with E-state index < -0.39 is 0 Å². The van der Waals surface area contributed by atoms with Crippen LogP contribution in [-0.4, -0.2) is 49.5 Å². The Morgan fingerprint density at radius 3 is 2.95 bits per heavy atom. The van der Waals surface area contributed by atoms with Gasteiger partial charge in [0.2, 0.25) is 0 Å². The molecule has 1 spiro atoms. The highest BCUT2D eigenvalue weighted by atomic mass is 16.6. The Bertz CT molecular complexity index is 451. The maximum Gasteiger partial charge on any atom is 0.107 e. The zero-order valence-electron chi connectivity index (χ0n) is 12.1. The third-order valence-corrected chi connectivity index (χ3v) is 4.02. The predicted octanol–water partition coefficient (Wildman–Crippen LogP) is 2.58. The van der Waals surface area contributed by atoms with Gasteiger partial charge in [0.15, 0.2) is 0 Å². The van der Waals surface area contributed by atoms with Gasteiger partial charge in [-0.1, -0.05) is 42.5 Å². The molecular formula is C17H23NO2. The van der Waals surface area contributed by atoms with Crippen LogP contribution in [0.2, 0.25) is 0 Å². The van der Waals surface area contributed by atoms with Gasteiger partial charge in [-0.2, -0.15) is 0 Å². The summed E-state index contributed by atoms with van der Waals surface area (Å²) in [6.07, 6.45) is 5.75. The summed E-state index contributed by atoms with van der Waals surface area (Å²) in [6.45, 7) is 6.70. The molecule has 3 nitrogen and oxygen atoms in total. The van der Waals surface area contributed by atoms with E-state index in [9.17, 15) is 0 Å². The fourth-order valence-electron chi connectivity index (χ4n) is 3.18. The summed E-state index contributed by atoms with van der Waals surface area (Å²) in [4.78, 5) is 2.47. The van der Waals surface area contributed by atoms with Crippen molar-refractivity contribution in [3.8, 4) is 0 Å². The largest absolute Gasteiger partial charge is 0.378 e. The van der Waals surface area contributed by atoms with Crippen molar-refractivity contribution in [2.24, 2.45) is 0 Å². The van der Waals surface area contributed by atoms with E-state index >= 15 is 0 Å². The molecule has 0 bridgehead atoms. The van der Waals surface area contributed by atoms with Crippen LogP contribution in [0.3, 0.4) is 0 Å². The number of benzene rings is 1. The number of hydrogen-bond donors (Lipinski definition) is 0. The lowest BCUT2D eigenvalue weighted by Crippen LogP contribution is -2.55. The first-order valence-electron chi connectivity index (χ1n) is 7.45. The van der Waals surface area contributed by atoms with Gasteiger partial charge >= 0.3 is 0 Å². The number of hydrogen-bond acceptors (Lipinski definition) is 3. The van der Waals surface area contributed by atoms with Crippen LogP contribution in [0.5, 0.6) is 0 Å². The van der Waals surface area contributed by atoms with Crippen molar-refractivity contribution in [3.05, 3.63) is 42.0 Å². The highest BCUT2D eigenvalue weighted by Crippen LogP contribution is 2.29.